The molecule has 4 nitrogen and oxygen atoms in total. The summed E-state index contributed by atoms with van der Waals surface area (Å²) in [6, 6.07) is 6.57. The van der Waals surface area contributed by atoms with Crippen molar-refractivity contribution in [2.75, 3.05) is 19.4 Å². The fourth-order valence-electron chi connectivity index (χ4n) is 1.99. The van der Waals surface area contributed by atoms with Gasteiger partial charge in [0.2, 0.25) is 0 Å². The number of nitrogens with zero attached hydrogens (tertiary/aromatic N) is 1. The number of fused-ring (bicyclic) bond motifs is 1. The first-order chi connectivity index (χ1) is 9.72. The van der Waals surface area contributed by atoms with Crippen molar-refractivity contribution in [1.82, 2.24) is 15.3 Å². The van der Waals surface area contributed by atoms with Gasteiger partial charge in [-0.15, -0.1) is 0 Å². The molecule has 0 spiro atoms. The summed E-state index contributed by atoms with van der Waals surface area (Å²) in [6.45, 7) is 4.89. The Morgan fingerprint density at radius 1 is 1.45 bits per heavy atom. The maximum atomic E-state index is 5.50. The number of nitrogens with one attached hydrogen (secondary N) is 2. The quantitative estimate of drug-likeness (QED) is 0.578. The van der Waals surface area contributed by atoms with Gasteiger partial charge in [0.05, 0.1) is 17.6 Å². The Morgan fingerprint density at radius 2 is 2.30 bits per heavy atom. The summed E-state index contributed by atoms with van der Waals surface area (Å²) in [7, 11) is 2.01. The van der Waals surface area contributed by atoms with Crippen LogP contribution >= 0.6 is 11.8 Å². The molecule has 20 heavy (non-hydrogen) atoms. The van der Waals surface area contributed by atoms with Gasteiger partial charge in [0, 0.05) is 17.9 Å². The van der Waals surface area contributed by atoms with Gasteiger partial charge in [-0.3, -0.25) is 0 Å². The number of aromatic nitrogens is 2. The molecule has 110 valence electrons. The second-order valence-corrected chi connectivity index (χ2v) is 5.92. The van der Waals surface area contributed by atoms with Crippen LogP contribution in [0.25, 0.3) is 11.0 Å². The average molecular weight is 293 g/mol. The number of H-pyrrole nitrogens is 1. The largest absolute Gasteiger partial charge is 0.494 e. The predicted octanol–water partition coefficient (Wildman–Crippen LogP) is 3.44. The third-order valence-electron chi connectivity index (χ3n) is 3.26. The van der Waals surface area contributed by atoms with Crippen molar-refractivity contribution in [3.05, 3.63) is 18.2 Å². The zero-order valence-corrected chi connectivity index (χ0v) is 13.2. The Balaban J connectivity index is 1.91. The van der Waals surface area contributed by atoms with E-state index >= 15 is 0 Å². The van der Waals surface area contributed by atoms with E-state index in [4.69, 9.17) is 4.74 Å². The highest BCUT2D eigenvalue weighted by Gasteiger charge is 2.05. The molecule has 1 aromatic carbocycles. The molecule has 0 aliphatic heterocycles. The summed E-state index contributed by atoms with van der Waals surface area (Å²) in [5.74, 6) is 1.98. The van der Waals surface area contributed by atoms with Gasteiger partial charge in [-0.1, -0.05) is 11.8 Å². The summed E-state index contributed by atoms with van der Waals surface area (Å²) < 4.78 is 5.50. The molecule has 1 atom stereocenters. The van der Waals surface area contributed by atoms with E-state index < -0.39 is 0 Å². The maximum Gasteiger partial charge on any atom is 0.166 e. The summed E-state index contributed by atoms with van der Waals surface area (Å²) in [6.07, 6.45) is 2.38. The van der Waals surface area contributed by atoms with Crippen LogP contribution in [-0.2, 0) is 0 Å². The van der Waals surface area contributed by atoms with Crippen molar-refractivity contribution in [3.8, 4) is 5.75 Å². The number of hydrogen-bond acceptors (Lipinski definition) is 4. The Hall–Kier alpha value is -1.20. The Kier molecular flexibility index (Phi) is 5.73. The second kappa shape index (κ2) is 7.55. The topological polar surface area (TPSA) is 49.9 Å². The molecular formula is C15H23N3OS. The minimum absolute atomic E-state index is 0.583. The molecule has 5 heteroatoms. The number of imidazole rings is 1. The van der Waals surface area contributed by atoms with E-state index in [1.807, 2.05) is 32.2 Å². The molecule has 1 unspecified atom stereocenters. The van der Waals surface area contributed by atoms with Gasteiger partial charge in [0.15, 0.2) is 5.16 Å². The van der Waals surface area contributed by atoms with E-state index in [9.17, 15) is 0 Å². The molecular weight excluding hydrogens is 270 g/mol. The third-order valence-corrected chi connectivity index (χ3v) is 4.22. The van der Waals surface area contributed by atoms with Crippen LogP contribution in [0.15, 0.2) is 23.4 Å². The standard InChI is InChI=1S/C15H23N3OS/c1-4-19-12-7-8-13-14(10-12)18-15(17-13)20-9-5-6-11(2)16-3/h7-8,10-11,16H,4-6,9H2,1-3H3,(H,17,18). The van der Waals surface area contributed by atoms with E-state index in [-0.39, 0.29) is 0 Å². The molecule has 0 fully saturated rings. The molecule has 2 aromatic rings. The lowest BCUT2D eigenvalue weighted by Gasteiger charge is -2.08. The molecule has 0 amide bonds. The number of thioether (sulfide) groups is 1. The predicted molar refractivity (Wildman–Crippen MR) is 85.7 cm³/mol. The van der Waals surface area contributed by atoms with E-state index in [0.717, 1.165) is 27.7 Å². The highest BCUT2D eigenvalue weighted by molar-refractivity contribution is 7.99. The van der Waals surface area contributed by atoms with Crippen LogP contribution in [0, 0.1) is 0 Å². The first-order valence-corrected chi connectivity index (χ1v) is 8.14. The number of rotatable bonds is 8. The Labute approximate surface area is 124 Å². The monoisotopic (exact) mass is 293 g/mol. The summed E-state index contributed by atoms with van der Waals surface area (Å²) >= 11 is 1.78. The molecule has 0 saturated heterocycles. The van der Waals surface area contributed by atoms with Crippen LogP contribution in [0.1, 0.15) is 26.7 Å². The van der Waals surface area contributed by atoms with Crippen molar-refractivity contribution < 1.29 is 4.74 Å². The SMILES string of the molecule is CCOc1ccc2nc(SCCCC(C)NC)[nH]c2c1. The van der Waals surface area contributed by atoms with Gasteiger partial charge in [-0.2, -0.15) is 0 Å². The highest BCUT2D eigenvalue weighted by atomic mass is 32.2. The fraction of sp³-hybridized carbons (Fsp3) is 0.533. The zero-order chi connectivity index (χ0) is 14.4. The van der Waals surface area contributed by atoms with Gasteiger partial charge in [-0.25, -0.2) is 4.98 Å². The molecule has 0 aliphatic carbocycles. The van der Waals surface area contributed by atoms with Gasteiger partial charge in [0.1, 0.15) is 5.75 Å². The molecule has 0 bridgehead atoms. The zero-order valence-electron chi connectivity index (χ0n) is 12.4. The van der Waals surface area contributed by atoms with E-state index in [2.05, 4.69) is 22.2 Å². The first kappa shape index (κ1) is 15.2. The van der Waals surface area contributed by atoms with Crippen LogP contribution in [0.3, 0.4) is 0 Å². The lowest BCUT2D eigenvalue weighted by molar-refractivity contribution is 0.340. The van der Waals surface area contributed by atoms with Gasteiger partial charge in [-0.05, 0) is 45.9 Å². The number of aromatic amines is 1. The van der Waals surface area contributed by atoms with E-state index in [0.29, 0.717) is 12.6 Å². The molecule has 2 rings (SSSR count). The number of ether oxygens (including phenoxy) is 1. The van der Waals surface area contributed by atoms with Crippen LogP contribution in [0.2, 0.25) is 0 Å². The first-order valence-electron chi connectivity index (χ1n) is 7.15. The molecule has 1 aromatic heterocycles. The average Bonchev–Trinajstić information content (AvgIpc) is 2.85. The van der Waals surface area contributed by atoms with Crippen molar-refractivity contribution in [2.45, 2.75) is 37.9 Å². The highest BCUT2D eigenvalue weighted by Crippen LogP contribution is 2.24. The molecule has 2 N–H and O–H groups in total. The normalized spacial score (nSPS) is 12.8. The van der Waals surface area contributed by atoms with Gasteiger partial charge >= 0.3 is 0 Å². The third kappa shape index (κ3) is 4.15. The summed E-state index contributed by atoms with van der Waals surface area (Å²) in [5.41, 5.74) is 2.04. The van der Waals surface area contributed by atoms with Crippen molar-refractivity contribution in [2.24, 2.45) is 0 Å². The molecule has 0 saturated carbocycles. The Morgan fingerprint density at radius 3 is 3.05 bits per heavy atom. The molecule has 0 aliphatic rings. The van der Waals surface area contributed by atoms with Crippen molar-refractivity contribution in [3.63, 3.8) is 0 Å². The van der Waals surface area contributed by atoms with Crippen molar-refractivity contribution >= 4 is 22.8 Å². The second-order valence-electron chi connectivity index (χ2n) is 4.83. The smallest absolute Gasteiger partial charge is 0.166 e. The molecule has 0 radical (unpaired) electrons. The maximum absolute atomic E-state index is 5.50. The summed E-state index contributed by atoms with van der Waals surface area (Å²) in [5, 5.41) is 4.25. The minimum atomic E-state index is 0.583. The molecule has 1 heterocycles. The van der Waals surface area contributed by atoms with Crippen LogP contribution in [0.4, 0.5) is 0 Å². The fourth-order valence-corrected chi connectivity index (χ4v) is 2.84. The van der Waals surface area contributed by atoms with E-state index in [1.54, 1.807) is 11.8 Å². The number of benzene rings is 1. The minimum Gasteiger partial charge on any atom is -0.494 e. The van der Waals surface area contributed by atoms with Crippen LogP contribution < -0.4 is 10.1 Å². The Bertz CT molecular complexity index is 541. The van der Waals surface area contributed by atoms with Crippen molar-refractivity contribution in [1.29, 1.82) is 0 Å². The van der Waals surface area contributed by atoms with Crippen LogP contribution in [0.5, 0.6) is 5.75 Å². The lowest BCUT2D eigenvalue weighted by Crippen LogP contribution is -2.20. The number of hydrogen-bond donors (Lipinski definition) is 2. The van der Waals surface area contributed by atoms with Crippen LogP contribution in [-0.4, -0.2) is 35.4 Å². The summed E-state index contributed by atoms with van der Waals surface area (Å²) in [4.78, 5) is 7.94. The van der Waals surface area contributed by atoms with Gasteiger partial charge < -0.3 is 15.0 Å². The lowest BCUT2D eigenvalue weighted by atomic mass is 10.2. The van der Waals surface area contributed by atoms with E-state index in [1.165, 1.54) is 12.8 Å². The van der Waals surface area contributed by atoms with Gasteiger partial charge in [0.25, 0.3) is 0 Å².